The van der Waals surface area contributed by atoms with Crippen LogP contribution in [0.15, 0.2) is 0 Å². The average Bonchev–Trinajstić information content (AvgIpc) is 2.16. The summed E-state index contributed by atoms with van der Waals surface area (Å²) < 4.78 is 5.56. The lowest BCUT2D eigenvalue weighted by molar-refractivity contribution is -0.0296. The van der Waals surface area contributed by atoms with E-state index < -0.39 is 0 Å². The van der Waals surface area contributed by atoms with Crippen LogP contribution in [0.1, 0.15) is 52.9 Å². The summed E-state index contributed by atoms with van der Waals surface area (Å²) in [5, 5.41) is 0. The minimum absolute atomic E-state index is 0.410. The molecule has 0 saturated heterocycles. The second-order valence-corrected chi connectivity index (χ2v) is 4.89. The zero-order valence-corrected chi connectivity index (χ0v) is 10.5. The smallest absolute Gasteiger partial charge is 0.0580 e. The molecular weight excluding hydrogens is 186 g/mol. The van der Waals surface area contributed by atoms with Crippen LogP contribution in [-0.4, -0.2) is 18.8 Å². The third-order valence-corrected chi connectivity index (χ3v) is 3.85. The molecule has 0 radical (unpaired) electrons. The highest BCUT2D eigenvalue weighted by atomic mass is 16.5. The maximum atomic E-state index is 6.23. The van der Waals surface area contributed by atoms with Crippen LogP contribution in [0.5, 0.6) is 0 Å². The fourth-order valence-electron chi connectivity index (χ4n) is 2.71. The van der Waals surface area contributed by atoms with Gasteiger partial charge < -0.3 is 10.5 Å². The molecular formula is C13H27NO. The Balaban J connectivity index is 2.15. The largest absolute Gasteiger partial charge is 0.378 e. The molecule has 0 heterocycles. The third kappa shape index (κ3) is 3.76. The Morgan fingerprint density at radius 2 is 1.80 bits per heavy atom. The predicted molar refractivity (Wildman–Crippen MR) is 64.8 cm³/mol. The molecule has 2 N–H and O–H groups in total. The molecule has 0 aliphatic heterocycles. The fraction of sp³-hybridized carbons (Fsp3) is 1.00. The zero-order chi connectivity index (χ0) is 11.3. The van der Waals surface area contributed by atoms with E-state index in [1.807, 2.05) is 0 Å². The summed E-state index contributed by atoms with van der Waals surface area (Å²) in [7, 11) is 0. The van der Waals surface area contributed by atoms with Crippen molar-refractivity contribution in [1.29, 1.82) is 0 Å². The van der Waals surface area contributed by atoms with E-state index in [4.69, 9.17) is 10.5 Å². The highest BCUT2D eigenvalue weighted by Crippen LogP contribution is 2.34. The lowest BCUT2D eigenvalue weighted by Crippen LogP contribution is -2.38. The van der Waals surface area contributed by atoms with Gasteiger partial charge in [0, 0.05) is 12.6 Å². The van der Waals surface area contributed by atoms with Gasteiger partial charge in [-0.3, -0.25) is 0 Å². The van der Waals surface area contributed by atoms with E-state index in [0.29, 0.717) is 12.1 Å². The summed E-state index contributed by atoms with van der Waals surface area (Å²) in [5.74, 6) is 1.55. The SMILES string of the molecule is CCOC1CC(CC(N)C(CC)CC)C1. The van der Waals surface area contributed by atoms with Gasteiger partial charge in [0.05, 0.1) is 6.10 Å². The summed E-state index contributed by atoms with van der Waals surface area (Å²) in [6, 6.07) is 0.410. The molecule has 1 atom stereocenters. The van der Waals surface area contributed by atoms with Crippen LogP contribution in [0.2, 0.25) is 0 Å². The first-order valence-electron chi connectivity index (χ1n) is 6.58. The minimum Gasteiger partial charge on any atom is -0.378 e. The molecule has 1 unspecified atom stereocenters. The lowest BCUT2D eigenvalue weighted by Gasteiger charge is -2.37. The average molecular weight is 213 g/mol. The van der Waals surface area contributed by atoms with E-state index in [1.54, 1.807) is 0 Å². The number of hydrogen-bond acceptors (Lipinski definition) is 2. The Morgan fingerprint density at radius 3 is 2.27 bits per heavy atom. The number of ether oxygens (including phenoxy) is 1. The molecule has 1 rings (SSSR count). The first-order valence-corrected chi connectivity index (χ1v) is 6.58. The molecule has 0 bridgehead atoms. The van der Waals surface area contributed by atoms with E-state index >= 15 is 0 Å². The summed E-state index contributed by atoms with van der Waals surface area (Å²) in [5.41, 5.74) is 6.23. The molecule has 0 aromatic carbocycles. The number of nitrogens with two attached hydrogens (primary N) is 1. The van der Waals surface area contributed by atoms with Gasteiger partial charge in [0.25, 0.3) is 0 Å². The van der Waals surface area contributed by atoms with Crippen LogP contribution in [0.25, 0.3) is 0 Å². The molecule has 2 heteroatoms. The van der Waals surface area contributed by atoms with Crippen molar-refractivity contribution in [2.75, 3.05) is 6.61 Å². The predicted octanol–water partition coefficient (Wildman–Crippen LogP) is 2.96. The molecule has 0 spiro atoms. The van der Waals surface area contributed by atoms with Gasteiger partial charge in [0.2, 0.25) is 0 Å². The van der Waals surface area contributed by atoms with E-state index in [2.05, 4.69) is 20.8 Å². The van der Waals surface area contributed by atoms with Crippen molar-refractivity contribution in [2.24, 2.45) is 17.6 Å². The molecule has 1 fully saturated rings. The van der Waals surface area contributed by atoms with Crippen LogP contribution >= 0.6 is 0 Å². The monoisotopic (exact) mass is 213 g/mol. The minimum atomic E-state index is 0.410. The summed E-state index contributed by atoms with van der Waals surface area (Å²) in [6.07, 6.45) is 6.66. The van der Waals surface area contributed by atoms with E-state index in [1.165, 1.54) is 32.1 Å². The van der Waals surface area contributed by atoms with Gasteiger partial charge in [-0.05, 0) is 38.0 Å². The van der Waals surface area contributed by atoms with Crippen molar-refractivity contribution in [2.45, 2.75) is 65.0 Å². The Hall–Kier alpha value is -0.0800. The lowest BCUT2D eigenvalue weighted by atomic mass is 9.75. The molecule has 0 aromatic heterocycles. The summed E-state index contributed by atoms with van der Waals surface area (Å²) in [6.45, 7) is 7.43. The maximum absolute atomic E-state index is 6.23. The van der Waals surface area contributed by atoms with E-state index in [0.717, 1.165) is 18.4 Å². The molecule has 2 nitrogen and oxygen atoms in total. The van der Waals surface area contributed by atoms with Crippen molar-refractivity contribution in [3.05, 3.63) is 0 Å². The first kappa shape index (κ1) is 13.0. The van der Waals surface area contributed by atoms with Gasteiger partial charge in [-0.1, -0.05) is 26.7 Å². The van der Waals surface area contributed by atoms with Crippen LogP contribution in [0.4, 0.5) is 0 Å². The molecule has 1 aliphatic carbocycles. The van der Waals surface area contributed by atoms with Crippen molar-refractivity contribution in [1.82, 2.24) is 0 Å². The normalized spacial score (nSPS) is 27.8. The van der Waals surface area contributed by atoms with Crippen molar-refractivity contribution in [3.8, 4) is 0 Å². The van der Waals surface area contributed by atoms with Gasteiger partial charge in [0.1, 0.15) is 0 Å². The quantitative estimate of drug-likeness (QED) is 0.705. The Bertz CT molecular complexity index is 162. The molecule has 1 aliphatic rings. The van der Waals surface area contributed by atoms with Gasteiger partial charge in [0.15, 0.2) is 0 Å². The van der Waals surface area contributed by atoms with Crippen LogP contribution in [0.3, 0.4) is 0 Å². The molecule has 1 saturated carbocycles. The second kappa shape index (κ2) is 6.49. The Morgan fingerprint density at radius 1 is 1.20 bits per heavy atom. The number of rotatable bonds is 7. The van der Waals surface area contributed by atoms with Crippen molar-refractivity contribution in [3.63, 3.8) is 0 Å². The van der Waals surface area contributed by atoms with Gasteiger partial charge in [-0.25, -0.2) is 0 Å². The summed E-state index contributed by atoms with van der Waals surface area (Å²) >= 11 is 0. The van der Waals surface area contributed by atoms with Crippen LogP contribution in [-0.2, 0) is 4.74 Å². The summed E-state index contributed by atoms with van der Waals surface area (Å²) in [4.78, 5) is 0. The molecule has 0 amide bonds. The molecule has 0 aromatic rings. The van der Waals surface area contributed by atoms with Crippen LogP contribution < -0.4 is 5.73 Å². The number of hydrogen-bond donors (Lipinski definition) is 1. The highest BCUT2D eigenvalue weighted by Gasteiger charge is 2.31. The topological polar surface area (TPSA) is 35.2 Å². The maximum Gasteiger partial charge on any atom is 0.0580 e. The Labute approximate surface area is 94.6 Å². The van der Waals surface area contributed by atoms with Gasteiger partial charge in [-0.2, -0.15) is 0 Å². The Kier molecular flexibility index (Phi) is 5.62. The van der Waals surface area contributed by atoms with E-state index in [9.17, 15) is 0 Å². The first-order chi connectivity index (χ1) is 7.21. The highest BCUT2D eigenvalue weighted by molar-refractivity contribution is 4.84. The fourth-order valence-corrected chi connectivity index (χ4v) is 2.71. The van der Waals surface area contributed by atoms with E-state index in [-0.39, 0.29) is 0 Å². The van der Waals surface area contributed by atoms with Gasteiger partial charge >= 0.3 is 0 Å². The standard InChI is InChI=1S/C13H27NO/c1-4-11(5-2)13(14)9-10-7-12(8-10)15-6-3/h10-13H,4-9,14H2,1-3H3. The third-order valence-electron chi connectivity index (χ3n) is 3.85. The second-order valence-electron chi connectivity index (χ2n) is 4.89. The van der Waals surface area contributed by atoms with Crippen molar-refractivity contribution >= 4 is 0 Å². The van der Waals surface area contributed by atoms with Crippen LogP contribution in [0, 0.1) is 11.8 Å². The molecule has 15 heavy (non-hydrogen) atoms. The van der Waals surface area contributed by atoms with Crippen molar-refractivity contribution < 1.29 is 4.74 Å². The van der Waals surface area contributed by atoms with Gasteiger partial charge in [-0.15, -0.1) is 0 Å². The zero-order valence-electron chi connectivity index (χ0n) is 10.5. The molecule has 90 valence electrons.